The van der Waals surface area contributed by atoms with Crippen LogP contribution in [0.25, 0.3) is 0 Å². The molecule has 0 aromatic heterocycles. The van der Waals surface area contributed by atoms with Crippen molar-refractivity contribution in [3.05, 3.63) is 34.1 Å². The number of carbonyl (C=O) groups is 1. The molecule has 1 aromatic rings. The molecule has 0 heterocycles. The van der Waals surface area contributed by atoms with Crippen LogP contribution >= 0.6 is 31.9 Å². The van der Waals surface area contributed by atoms with Gasteiger partial charge in [-0.1, -0.05) is 34.8 Å². The Balaban J connectivity index is 2.35. The van der Waals surface area contributed by atoms with Crippen molar-refractivity contribution in [2.24, 2.45) is 0 Å². The Morgan fingerprint density at radius 1 is 1.22 bits per heavy atom. The van der Waals surface area contributed by atoms with Crippen LogP contribution in [0.1, 0.15) is 36.0 Å². The Hall–Kier alpha value is -0.420. The van der Waals surface area contributed by atoms with Gasteiger partial charge in [-0.05, 0) is 40.9 Å². The second-order valence-corrected chi connectivity index (χ2v) is 5.55. The number of unbranched alkanes of at least 4 members (excludes halogenated alkanes) is 3. The SMILES string of the molecule is O=C(NCCCCCCBr)c1cccc(F)c1Br. The van der Waals surface area contributed by atoms with E-state index in [1.165, 1.54) is 12.1 Å². The molecule has 0 aliphatic carbocycles. The summed E-state index contributed by atoms with van der Waals surface area (Å²) in [7, 11) is 0. The minimum absolute atomic E-state index is 0.224. The first-order valence-electron chi connectivity index (χ1n) is 5.95. The maximum absolute atomic E-state index is 13.2. The van der Waals surface area contributed by atoms with E-state index >= 15 is 0 Å². The van der Waals surface area contributed by atoms with Crippen LogP contribution in [0.15, 0.2) is 22.7 Å². The van der Waals surface area contributed by atoms with Crippen molar-refractivity contribution < 1.29 is 9.18 Å². The fraction of sp³-hybridized carbons (Fsp3) is 0.462. The molecule has 0 aliphatic rings. The maximum Gasteiger partial charge on any atom is 0.252 e. The molecular weight excluding hydrogens is 365 g/mol. The van der Waals surface area contributed by atoms with E-state index in [0.29, 0.717) is 12.1 Å². The van der Waals surface area contributed by atoms with Gasteiger partial charge in [0.2, 0.25) is 0 Å². The van der Waals surface area contributed by atoms with Crippen molar-refractivity contribution in [1.29, 1.82) is 0 Å². The maximum atomic E-state index is 13.2. The summed E-state index contributed by atoms with van der Waals surface area (Å²) in [5.41, 5.74) is 0.343. The highest BCUT2D eigenvalue weighted by Crippen LogP contribution is 2.20. The fourth-order valence-corrected chi connectivity index (χ4v) is 2.39. The van der Waals surface area contributed by atoms with Crippen molar-refractivity contribution >= 4 is 37.8 Å². The summed E-state index contributed by atoms with van der Waals surface area (Å²) in [6.45, 7) is 0.629. The Bertz CT molecular complexity index is 399. The third-order valence-corrected chi connectivity index (χ3v) is 3.91. The van der Waals surface area contributed by atoms with Gasteiger partial charge in [0, 0.05) is 11.9 Å². The van der Waals surface area contributed by atoms with Gasteiger partial charge >= 0.3 is 0 Å². The van der Waals surface area contributed by atoms with Gasteiger partial charge in [-0.25, -0.2) is 4.39 Å². The quantitative estimate of drug-likeness (QED) is 0.555. The lowest BCUT2D eigenvalue weighted by molar-refractivity contribution is 0.0951. The molecule has 1 aromatic carbocycles. The average molecular weight is 381 g/mol. The molecule has 5 heteroatoms. The minimum atomic E-state index is -0.417. The van der Waals surface area contributed by atoms with E-state index in [-0.39, 0.29) is 10.4 Å². The molecule has 100 valence electrons. The van der Waals surface area contributed by atoms with Crippen molar-refractivity contribution in [2.45, 2.75) is 25.7 Å². The second kappa shape index (κ2) is 8.64. The number of rotatable bonds is 7. The van der Waals surface area contributed by atoms with E-state index in [0.717, 1.165) is 31.0 Å². The molecule has 0 unspecified atom stereocenters. The second-order valence-electron chi connectivity index (χ2n) is 3.96. The highest BCUT2D eigenvalue weighted by molar-refractivity contribution is 9.10. The van der Waals surface area contributed by atoms with Crippen LogP contribution in [0, 0.1) is 5.82 Å². The predicted octanol–water partition coefficient (Wildman–Crippen LogP) is 4.27. The lowest BCUT2D eigenvalue weighted by Gasteiger charge is -2.07. The number of carbonyl (C=O) groups excluding carboxylic acids is 1. The largest absolute Gasteiger partial charge is 0.352 e. The lowest BCUT2D eigenvalue weighted by atomic mass is 10.2. The first-order chi connectivity index (χ1) is 8.66. The van der Waals surface area contributed by atoms with Gasteiger partial charge in [0.25, 0.3) is 5.91 Å². The van der Waals surface area contributed by atoms with E-state index in [1.807, 2.05) is 0 Å². The van der Waals surface area contributed by atoms with Gasteiger partial charge in [0.15, 0.2) is 0 Å². The predicted molar refractivity (Wildman–Crippen MR) is 78.7 cm³/mol. The monoisotopic (exact) mass is 379 g/mol. The van der Waals surface area contributed by atoms with Crippen molar-refractivity contribution in [2.75, 3.05) is 11.9 Å². The van der Waals surface area contributed by atoms with Crippen molar-refractivity contribution in [3.8, 4) is 0 Å². The zero-order chi connectivity index (χ0) is 13.4. The minimum Gasteiger partial charge on any atom is -0.352 e. The zero-order valence-corrected chi connectivity index (χ0v) is 13.2. The molecule has 1 amide bonds. The highest BCUT2D eigenvalue weighted by atomic mass is 79.9. The van der Waals surface area contributed by atoms with Crippen LogP contribution in [0.5, 0.6) is 0 Å². The summed E-state index contributed by atoms with van der Waals surface area (Å²) >= 11 is 6.46. The molecule has 1 N–H and O–H groups in total. The Morgan fingerprint density at radius 3 is 2.67 bits per heavy atom. The topological polar surface area (TPSA) is 29.1 Å². The van der Waals surface area contributed by atoms with Crippen LogP contribution < -0.4 is 5.32 Å². The number of amides is 1. The van der Waals surface area contributed by atoms with Crippen LogP contribution in [-0.4, -0.2) is 17.8 Å². The van der Waals surface area contributed by atoms with Gasteiger partial charge in [0.1, 0.15) is 5.82 Å². The first-order valence-corrected chi connectivity index (χ1v) is 7.86. The third-order valence-electron chi connectivity index (χ3n) is 2.54. The number of alkyl halides is 1. The average Bonchev–Trinajstić information content (AvgIpc) is 2.36. The van der Waals surface area contributed by atoms with Crippen LogP contribution in [-0.2, 0) is 0 Å². The first kappa shape index (κ1) is 15.6. The molecule has 1 rings (SSSR count). The van der Waals surface area contributed by atoms with Gasteiger partial charge < -0.3 is 5.32 Å². The molecule has 0 aliphatic heterocycles. The summed E-state index contributed by atoms with van der Waals surface area (Å²) in [5, 5.41) is 3.82. The molecule has 0 radical (unpaired) electrons. The Kier molecular flexibility index (Phi) is 7.51. The zero-order valence-electron chi connectivity index (χ0n) is 10.0. The van der Waals surface area contributed by atoms with Crippen molar-refractivity contribution in [3.63, 3.8) is 0 Å². The summed E-state index contributed by atoms with van der Waals surface area (Å²) in [6, 6.07) is 4.46. The third kappa shape index (κ3) is 5.06. The normalized spacial score (nSPS) is 10.4. The summed E-state index contributed by atoms with van der Waals surface area (Å²) in [4.78, 5) is 11.8. The van der Waals surface area contributed by atoms with E-state index in [9.17, 15) is 9.18 Å². The summed E-state index contributed by atoms with van der Waals surface area (Å²) in [6.07, 6.45) is 4.36. The Labute approximate surface area is 124 Å². The summed E-state index contributed by atoms with van der Waals surface area (Å²) in [5.74, 6) is -0.651. The summed E-state index contributed by atoms with van der Waals surface area (Å²) < 4.78 is 13.5. The van der Waals surface area contributed by atoms with Gasteiger partial charge in [0.05, 0.1) is 10.0 Å². The molecule has 0 fully saturated rings. The molecule has 2 nitrogen and oxygen atoms in total. The van der Waals surface area contributed by atoms with E-state index in [4.69, 9.17) is 0 Å². The van der Waals surface area contributed by atoms with Gasteiger partial charge in [-0.2, -0.15) is 0 Å². The molecule has 0 saturated heterocycles. The molecule has 0 saturated carbocycles. The smallest absolute Gasteiger partial charge is 0.252 e. The Morgan fingerprint density at radius 2 is 1.94 bits per heavy atom. The van der Waals surface area contributed by atoms with Crippen LogP contribution in [0.3, 0.4) is 0 Å². The molecule has 0 spiro atoms. The van der Waals surface area contributed by atoms with E-state index in [1.54, 1.807) is 6.07 Å². The number of nitrogens with one attached hydrogen (secondary N) is 1. The van der Waals surface area contributed by atoms with Crippen molar-refractivity contribution in [1.82, 2.24) is 5.32 Å². The van der Waals surface area contributed by atoms with Gasteiger partial charge in [-0.3, -0.25) is 4.79 Å². The van der Waals surface area contributed by atoms with Gasteiger partial charge in [-0.15, -0.1) is 0 Å². The lowest BCUT2D eigenvalue weighted by Crippen LogP contribution is -2.25. The number of hydrogen-bond donors (Lipinski definition) is 1. The highest BCUT2D eigenvalue weighted by Gasteiger charge is 2.11. The van der Waals surface area contributed by atoms with Crippen LogP contribution in [0.4, 0.5) is 4.39 Å². The molecule has 0 bridgehead atoms. The molecule has 18 heavy (non-hydrogen) atoms. The number of benzene rings is 1. The van der Waals surface area contributed by atoms with Crippen LogP contribution in [0.2, 0.25) is 0 Å². The van der Waals surface area contributed by atoms with E-state index < -0.39 is 5.82 Å². The van der Waals surface area contributed by atoms with E-state index in [2.05, 4.69) is 37.2 Å². The molecule has 0 atom stereocenters. The number of halogens is 3. The fourth-order valence-electron chi connectivity index (χ4n) is 1.55. The number of hydrogen-bond acceptors (Lipinski definition) is 1. The molecular formula is C13H16Br2FNO. The standard InChI is InChI=1S/C13H16Br2FNO/c14-8-3-1-2-4-9-17-13(18)10-6-5-7-11(16)12(10)15/h5-7H,1-4,8-9H2,(H,17,18).